The second kappa shape index (κ2) is 5.99. The summed E-state index contributed by atoms with van der Waals surface area (Å²) in [6.45, 7) is 0. The van der Waals surface area contributed by atoms with Gasteiger partial charge in [0.25, 0.3) is 0 Å². The summed E-state index contributed by atoms with van der Waals surface area (Å²) in [5.41, 5.74) is -2.94. The number of carbonyl (C=O) groups is 4. The normalized spacial score (nSPS) is 15.8. The molecule has 0 radical (unpaired) electrons. The number of benzene rings is 1. The van der Waals surface area contributed by atoms with Crippen molar-refractivity contribution in [3.8, 4) is 0 Å². The fourth-order valence-corrected chi connectivity index (χ4v) is 2.54. The van der Waals surface area contributed by atoms with Crippen molar-refractivity contribution in [3.63, 3.8) is 0 Å². The van der Waals surface area contributed by atoms with E-state index < -0.39 is 41.3 Å². The molecule has 8 nitrogen and oxygen atoms in total. The van der Waals surface area contributed by atoms with Gasteiger partial charge in [-0.15, -0.1) is 0 Å². The van der Waals surface area contributed by atoms with Crippen molar-refractivity contribution in [2.24, 2.45) is 5.41 Å². The highest BCUT2D eigenvalue weighted by molar-refractivity contribution is 6.12. The summed E-state index contributed by atoms with van der Waals surface area (Å²) in [6.07, 6.45) is 1.60. The quantitative estimate of drug-likeness (QED) is 0.590. The Morgan fingerprint density at radius 2 is 1.50 bits per heavy atom. The van der Waals surface area contributed by atoms with Gasteiger partial charge in [-0.25, -0.2) is 9.59 Å². The first-order chi connectivity index (χ1) is 11.2. The summed E-state index contributed by atoms with van der Waals surface area (Å²) in [6, 6.07) is 5.52. The van der Waals surface area contributed by atoms with Crippen LogP contribution in [0.5, 0.6) is 0 Å². The van der Waals surface area contributed by atoms with Crippen molar-refractivity contribution in [2.45, 2.75) is 6.42 Å². The zero-order chi connectivity index (χ0) is 18.1. The predicted molar refractivity (Wildman–Crippen MR) is 79.4 cm³/mol. The average Bonchev–Trinajstić information content (AvgIpc) is 2.53. The van der Waals surface area contributed by atoms with E-state index in [1.54, 1.807) is 0 Å². The summed E-state index contributed by atoms with van der Waals surface area (Å²) in [4.78, 5) is 45.4. The first kappa shape index (κ1) is 16.9. The summed E-state index contributed by atoms with van der Waals surface area (Å²) < 4.78 is 0. The predicted octanol–water partition coefficient (Wildman–Crippen LogP) is 1.34. The minimum absolute atomic E-state index is 0.0577. The van der Waals surface area contributed by atoms with E-state index in [1.807, 2.05) is 0 Å². The highest BCUT2D eigenvalue weighted by atomic mass is 16.4. The number of carboxylic acids is 4. The molecular formula is C16H12O8. The standard InChI is InChI=1S/C16H12O8/c17-12(18)9-3-1-2-8(6-9)10-4-5-11(13(19)20)16(7-10,14(21)22)15(23)24/h1-6H,7H2,(H,17,18)(H,19,20)(H,21,22)(H,23,24). The van der Waals surface area contributed by atoms with Gasteiger partial charge in [-0.05, 0) is 29.3 Å². The Morgan fingerprint density at radius 3 is 2.00 bits per heavy atom. The van der Waals surface area contributed by atoms with E-state index in [0.29, 0.717) is 5.56 Å². The first-order valence-electron chi connectivity index (χ1n) is 6.65. The molecule has 0 unspecified atom stereocenters. The van der Waals surface area contributed by atoms with Gasteiger partial charge in [-0.3, -0.25) is 9.59 Å². The van der Waals surface area contributed by atoms with Crippen molar-refractivity contribution in [3.05, 3.63) is 53.1 Å². The van der Waals surface area contributed by atoms with E-state index >= 15 is 0 Å². The third-order valence-electron chi connectivity index (χ3n) is 3.81. The molecule has 8 heteroatoms. The Balaban J connectivity index is 2.61. The van der Waals surface area contributed by atoms with Gasteiger partial charge in [-0.1, -0.05) is 18.2 Å². The molecule has 124 valence electrons. The van der Waals surface area contributed by atoms with Crippen LogP contribution in [0.4, 0.5) is 0 Å². The third kappa shape index (κ3) is 2.65. The molecule has 1 aliphatic carbocycles. The average molecular weight is 332 g/mol. The van der Waals surface area contributed by atoms with Crippen molar-refractivity contribution in [1.29, 1.82) is 0 Å². The van der Waals surface area contributed by atoms with Crippen molar-refractivity contribution >= 4 is 29.5 Å². The lowest BCUT2D eigenvalue weighted by Gasteiger charge is -2.29. The van der Waals surface area contributed by atoms with E-state index in [9.17, 15) is 29.4 Å². The molecule has 2 rings (SSSR count). The lowest BCUT2D eigenvalue weighted by molar-refractivity contribution is -0.163. The zero-order valence-electron chi connectivity index (χ0n) is 12.1. The van der Waals surface area contributed by atoms with Crippen molar-refractivity contribution in [1.82, 2.24) is 0 Å². The molecule has 0 fully saturated rings. The van der Waals surface area contributed by atoms with Crippen LogP contribution in [-0.4, -0.2) is 44.3 Å². The molecule has 0 spiro atoms. The first-order valence-corrected chi connectivity index (χ1v) is 6.65. The Hall–Kier alpha value is -3.42. The number of allylic oxidation sites excluding steroid dienone is 3. The van der Waals surface area contributed by atoms with Gasteiger partial charge in [0.2, 0.25) is 5.41 Å². The molecule has 0 aliphatic heterocycles. The number of aromatic carboxylic acids is 1. The van der Waals surface area contributed by atoms with Gasteiger partial charge in [0.05, 0.1) is 11.1 Å². The van der Waals surface area contributed by atoms with Gasteiger partial charge in [0.15, 0.2) is 0 Å². The second-order valence-electron chi connectivity index (χ2n) is 5.16. The zero-order valence-corrected chi connectivity index (χ0v) is 12.1. The Kier molecular flexibility index (Phi) is 4.23. The maximum Gasteiger partial charge on any atom is 0.335 e. The van der Waals surface area contributed by atoms with E-state index in [1.165, 1.54) is 30.3 Å². The minimum Gasteiger partial charge on any atom is -0.480 e. The van der Waals surface area contributed by atoms with E-state index in [0.717, 1.165) is 6.08 Å². The van der Waals surface area contributed by atoms with Crippen LogP contribution in [0.2, 0.25) is 0 Å². The number of carboxylic acid groups (broad SMARTS) is 4. The number of hydrogen-bond acceptors (Lipinski definition) is 4. The van der Waals surface area contributed by atoms with Gasteiger partial charge < -0.3 is 20.4 Å². The highest BCUT2D eigenvalue weighted by Crippen LogP contribution is 2.42. The maximum absolute atomic E-state index is 11.6. The van der Waals surface area contributed by atoms with Crippen LogP contribution in [0.1, 0.15) is 22.3 Å². The van der Waals surface area contributed by atoms with Crippen LogP contribution in [-0.2, 0) is 14.4 Å². The van der Waals surface area contributed by atoms with Gasteiger partial charge >= 0.3 is 23.9 Å². The lowest BCUT2D eigenvalue weighted by Crippen LogP contribution is -2.44. The van der Waals surface area contributed by atoms with Crippen LogP contribution in [0.3, 0.4) is 0 Å². The summed E-state index contributed by atoms with van der Waals surface area (Å²) in [5.74, 6) is -6.44. The molecule has 0 atom stereocenters. The molecule has 0 amide bonds. The van der Waals surface area contributed by atoms with Crippen molar-refractivity contribution in [2.75, 3.05) is 0 Å². The highest BCUT2D eigenvalue weighted by Gasteiger charge is 2.54. The second-order valence-corrected chi connectivity index (χ2v) is 5.16. The van der Waals surface area contributed by atoms with E-state index in [-0.39, 0.29) is 11.1 Å². The summed E-state index contributed by atoms with van der Waals surface area (Å²) in [7, 11) is 0. The van der Waals surface area contributed by atoms with Crippen LogP contribution >= 0.6 is 0 Å². The molecule has 0 heterocycles. The fourth-order valence-electron chi connectivity index (χ4n) is 2.54. The monoisotopic (exact) mass is 332 g/mol. The van der Waals surface area contributed by atoms with E-state index in [2.05, 4.69) is 0 Å². The molecule has 1 aliphatic rings. The van der Waals surface area contributed by atoms with Crippen molar-refractivity contribution < 1.29 is 39.6 Å². The van der Waals surface area contributed by atoms with Gasteiger partial charge in [0, 0.05) is 6.42 Å². The summed E-state index contributed by atoms with van der Waals surface area (Å²) >= 11 is 0. The summed E-state index contributed by atoms with van der Waals surface area (Å²) in [5, 5.41) is 36.9. The Bertz CT molecular complexity index is 801. The number of rotatable bonds is 5. The maximum atomic E-state index is 11.6. The van der Waals surface area contributed by atoms with Crippen LogP contribution < -0.4 is 0 Å². The topological polar surface area (TPSA) is 149 Å². The van der Waals surface area contributed by atoms with Gasteiger partial charge in [-0.2, -0.15) is 0 Å². The fraction of sp³-hybridized carbons (Fsp3) is 0.125. The van der Waals surface area contributed by atoms with Gasteiger partial charge in [0.1, 0.15) is 0 Å². The number of hydrogen-bond donors (Lipinski definition) is 4. The lowest BCUT2D eigenvalue weighted by atomic mass is 9.70. The molecule has 0 aromatic heterocycles. The number of aliphatic carboxylic acids is 3. The molecule has 1 aromatic rings. The van der Waals surface area contributed by atoms with Crippen LogP contribution in [0.25, 0.3) is 5.57 Å². The minimum atomic E-state index is -2.64. The van der Waals surface area contributed by atoms with Crippen LogP contribution in [0, 0.1) is 5.41 Å². The molecule has 0 saturated heterocycles. The Labute approximate surface area is 135 Å². The molecular weight excluding hydrogens is 320 g/mol. The third-order valence-corrected chi connectivity index (χ3v) is 3.81. The molecule has 0 saturated carbocycles. The smallest absolute Gasteiger partial charge is 0.335 e. The SMILES string of the molecule is O=C(O)C1=CC=C(c2cccc(C(=O)O)c2)CC1(C(=O)O)C(=O)O. The molecule has 4 N–H and O–H groups in total. The molecule has 0 bridgehead atoms. The largest absolute Gasteiger partial charge is 0.480 e. The van der Waals surface area contributed by atoms with E-state index in [4.69, 9.17) is 10.2 Å². The van der Waals surface area contributed by atoms with Crippen LogP contribution in [0.15, 0.2) is 42.0 Å². The molecule has 1 aromatic carbocycles. The molecule has 24 heavy (non-hydrogen) atoms. The Morgan fingerprint density at radius 1 is 0.875 bits per heavy atom.